The van der Waals surface area contributed by atoms with Gasteiger partial charge in [-0.1, -0.05) is 6.07 Å². The van der Waals surface area contributed by atoms with E-state index in [1.807, 2.05) is 0 Å². The predicted molar refractivity (Wildman–Crippen MR) is 63.6 cm³/mol. The molecule has 0 aromatic heterocycles. The molecule has 0 amide bonds. The van der Waals surface area contributed by atoms with Gasteiger partial charge in [-0.15, -0.1) is 0 Å². The molecule has 1 aromatic carbocycles. The largest absolute Gasteiger partial charge is 0.497 e. The van der Waals surface area contributed by atoms with Gasteiger partial charge in [0.2, 0.25) is 0 Å². The van der Waals surface area contributed by atoms with Crippen LogP contribution in [0.15, 0.2) is 18.2 Å². The summed E-state index contributed by atoms with van der Waals surface area (Å²) in [6.45, 7) is 1.41. The van der Waals surface area contributed by atoms with Crippen LogP contribution in [0.25, 0.3) is 0 Å². The second kappa shape index (κ2) is 6.03. The second-order valence-corrected chi connectivity index (χ2v) is 3.77. The Bertz CT molecular complexity index is 423. The van der Waals surface area contributed by atoms with Crippen LogP contribution < -0.4 is 9.47 Å². The van der Waals surface area contributed by atoms with Crippen LogP contribution >= 0.6 is 0 Å². The third-order valence-corrected chi connectivity index (χ3v) is 2.33. The summed E-state index contributed by atoms with van der Waals surface area (Å²) in [5.74, 6) is 1.04. The first-order valence-electron chi connectivity index (χ1n) is 5.29. The minimum Gasteiger partial charge on any atom is -0.497 e. The zero-order valence-corrected chi connectivity index (χ0v) is 10.3. The molecule has 0 aliphatic heterocycles. The molecule has 0 unspecified atom stereocenters. The minimum absolute atomic E-state index is 0.0326. The van der Waals surface area contributed by atoms with Crippen LogP contribution in [0.3, 0.4) is 0 Å². The average molecular weight is 236 g/mol. The van der Waals surface area contributed by atoms with Gasteiger partial charge in [-0.3, -0.25) is 9.59 Å². The predicted octanol–water partition coefficient (Wildman–Crippen LogP) is 1.79. The fraction of sp³-hybridized carbons (Fsp3) is 0.385. The van der Waals surface area contributed by atoms with Gasteiger partial charge in [-0.2, -0.15) is 0 Å². The lowest BCUT2D eigenvalue weighted by atomic mass is 10.0. The number of carbonyl (C=O) groups excluding carboxylic acids is 2. The molecule has 17 heavy (non-hydrogen) atoms. The van der Waals surface area contributed by atoms with Crippen LogP contribution in [0.1, 0.15) is 18.9 Å². The number of Topliss-reactive ketones (excluding diaryl/α,β-unsaturated/α-hetero) is 2. The number of carbonyl (C=O) groups is 2. The molecule has 0 aliphatic carbocycles. The number of hydrogen-bond donors (Lipinski definition) is 0. The zero-order valence-electron chi connectivity index (χ0n) is 10.3. The molecular formula is C13H16O4. The monoisotopic (exact) mass is 236 g/mol. The molecule has 0 saturated heterocycles. The van der Waals surface area contributed by atoms with E-state index < -0.39 is 0 Å². The number of ketones is 2. The first kappa shape index (κ1) is 13.2. The zero-order chi connectivity index (χ0) is 12.8. The Kier molecular flexibility index (Phi) is 4.69. The number of rotatable bonds is 6. The Labute approximate surface area is 101 Å². The first-order chi connectivity index (χ1) is 8.06. The molecule has 0 bridgehead atoms. The van der Waals surface area contributed by atoms with Crippen LogP contribution in [0.5, 0.6) is 11.5 Å². The van der Waals surface area contributed by atoms with Crippen LogP contribution in [0.2, 0.25) is 0 Å². The summed E-state index contributed by atoms with van der Waals surface area (Å²) in [4.78, 5) is 22.4. The number of methoxy groups -OCH3 is 2. The maximum Gasteiger partial charge on any atom is 0.144 e. The standard InChI is InChI=1S/C13H16O4/c1-9(14)6-11(15)7-10-4-5-12(16-2)8-13(10)17-3/h4-5,8H,6-7H2,1-3H3. The fourth-order valence-corrected chi connectivity index (χ4v) is 1.55. The van der Waals surface area contributed by atoms with Crippen molar-refractivity contribution in [3.8, 4) is 11.5 Å². The van der Waals surface area contributed by atoms with E-state index in [4.69, 9.17) is 9.47 Å². The third kappa shape index (κ3) is 3.90. The van der Waals surface area contributed by atoms with Crippen molar-refractivity contribution >= 4 is 11.6 Å². The molecule has 0 heterocycles. The minimum atomic E-state index is -0.123. The first-order valence-corrected chi connectivity index (χ1v) is 5.29. The summed E-state index contributed by atoms with van der Waals surface area (Å²) in [5, 5.41) is 0. The Morgan fingerprint density at radius 1 is 1.18 bits per heavy atom. The Balaban J connectivity index is 2.83. The molecule has 0 fully saturated rings. The molecule has 0 saturated carbocycles. The van der Waals surface area contributed by atoms with E-state index in [2.05, 4.69) is 0 Å². The summed E-state index contributed by atoms with van der Waals surface area (Å²) < 4.78 is 10.2. The Hall–Kier alpha value is -1.84. The molecule has 1 rings (SSSR count). The van der Waals surface area contributed by atoms with Gasteiger partial charge in [0, 0.05) is 18.1 Å². The van der Waals surface area contributed by atoms with E-state index in [9.17, 15) is 9.59 Å². The Morgan fingerprint density at radius 3 is 2.41 bits per heavy atom. The maximum absolute atomic E-state index is 11.5. The lowest BCUT2D eigenvalue weighted by Gasteiger charge is -2.09. The van der Waals surface area contributed by atoms with Gasteiger partial charge < -0.3 is 9.47 Å². The Morgan fingerprint density at radius 2 is 1.88 bits per heavy atom. The topological polar surface area (TPSA) is 52.6 Å². The normalized spacial score (nSPS) is 9.82. The van der Waals surface area contributed by atoms with Crippen LogP contribution in [-0.2, 0) is 16.0 Å². The van der Waals surface area contributed by atoms with Crippen LogP contribution in [0, 0.1) is 0 Å². The van der Waals surface area contributed by atoms with E-state index in [-0.39, 0.29) is 24.4 Å². The van der Waals surface area contributed by atoms with Crippen LogP contribution in [-0.4, -0.2) is 25.8 Å². The molecule has 0 N–H and O–H groups in total. The van der Waals surface area contributed by atoms with Gasteiger partial charge in [0.25, 0.3) is 0 Å². The smallest absolute Gasteiger partial charge is 0.144 e. The quantitative estimate of drug-likeness (QED) is 0.707. The van der Waals surface area contributed by atoms with Gasteiger partial charge in [0.05, 0.1) is 20.6 Å². The molecule has 0 atom stereocenters. The SMILES string of the molecule is COc1ccc(CC(=O)CC(C)=O)c(OC)c1. The fourth-order valence-electron chi connectivity index (χ4n) is 1.55. The van der Waals surface area contributed by atoms with Crippen molar-refractivity contribution in [3.63, 3.8) is 0 Å². The number of benzene rings is 1. The van der Waals surface area contributed by atoms with E-state index in [1.54, 1.807) is 25.3 Å². The summed E-state index contributed by atoms with van der Waals surface area (Å²) in [5.41, 5.74) is 0.763. The lowest BCUT2D eigenvalue weighted by molar-refractivity contribution is -0.125. The molecule has 92 valence electrons. The summed E-state index contributed by atoms with van der Waals surface area (Å²) in [6, 6.07) is 5.25. The van der Waals surface area contributed by atoms with Crippen LogP contribution in [0.4, 0.5) is 0 Å². The van der Waals surface area contributed by atoms with E-state index >= 15 is 0 Å². The highest BCUT2D eigenvalue weighted by atomic mass is 16.5. The second-order valence-electron chi connectivity index (χ2n) is 3.77. The van der Waals surface area contributed by atoms with Crippen molar-refractivity contribution < 1.29 is 19.1 Å². The van der Waals surface area contributed by atoms with Crippen molar-refractivity contribution in [2.75, 3.05) is 14.2 Å². The van der Waals surface area contributed by atoms with Gasteiger partial charge in [-0.25, -0.2) is 0 Å². The third-order valence-electron chi connectivity index (χ3n) is 2.33. The highest BCUT2D eigenvalue weighted by molar-refractivity contribution is 5.99. The van der Waals surface area contributed by atoms with E-state index in [0.29, 0.717) is 11.5 Å². The van der Waals surface area contributed by atoms with E-state index in [1.165, 1.54) is 14.0 Å². The number of hydrogen-bond acceptors (Lipinski definition) is 4. The van der Waals surface area contributed by atoms with Crippen molar-refractivity contribution in [1.29, 1.82) is 0 Å². The lowest BCUT2D eigenvalue weighted by Crippen LogP contribution is -2.08. The summed E-state index contributed by atoms with van der Waals surface area (Å²) >= 11 is 0. The molecular weight excluding hydrogens is 220 g/mol. The van der Waals surface area contributed by atoms with Crippen molar-refractivity contribution in [2.24, 2.45) is 0 Å². The van der Waals surface area contributed by atoms with Crippen molar-refractivity contribution in [1.82, 2.24) is 0 Å². The summed E-state index contributed by atoms with van der Waals surface area (Å²) in [7, 11) is 3.10. The number of ether oxygens (including phenoxy) is 2. The van der Waals surface area contributed by atoms with E-state index in [0.717, 1.165) is 5.56 Å². The molecule has 0 spiro atoms. The van der Waals surface area contributed by atoms with Gasteiger partial charge in [0.15, 0.2) is 0 Å². The molecule has 4 heteroatoms. The summed E-state index contributed by atoms with van der Waals surface area (Å²) in [6.07, 6.45) is 0.169. The maximum atomic E-state index is 11.5. The highest BCUT2D eigenvalue weighted by Crippen LogP contribution is 2.25. The molecule has 1 aromatic rings. The van der Waals surface area contributed by atoms with Gasteiger partial charge >= 0.3 is 0 Å². The average Bonchev–Trinajstić information content (AvgIpc) is 2.28. The van der Waals surface area contributed by atoms with Crippen molar-refractivity contribution in [2.45, 2.75) is 19.8 Å². The highest BCUT2D eigenvalue weighted by Gasteiger charge is 2.11. The van der Waals surface area contributed by atoms with Gasteiger partial charge in [-0.05, 0) is 13.0 Å². The molecule has 4 nitrogen and oxygen atoms in total. The molecule has 0 radical (unpaired) electrons. The van der Waals surface area contributed by atoms with Crippen molar-refractivity contribution in [3.05, 3.63) is 23.8 Å². The molecule has 0 aliphatic rings. The van der Waals surface area contributed by atoms with Gasteiger partial charge in [0.1, 0.15) is 23.1 Å².